The van der Waals surface area contributed by atoms with E-state index in [-0.39, 0.29) is 11.9 Å². The number of ether oxygens (including phenoxy) is 2. The zero-order chi connectivity index (χ0) is 33.2. The quantitative estimate of drug-likeness (QED) is 0.293. The molecule has 3 aromatic rings. The van der Waals surface area contributed by atoms with E-state index in [0.717, 1.165) is 57.1 Å². The van der Waals surface area contributed by atoms with Crippen LogP contribution in [0.2, 0.25) is 0 Å². The topological polar surface area (TPSA) is 137 Å². The number of hydrogen-bond donors (Lipinski definition) is 1. The average Bonchev–Trinajstić information content (AvgIpc) is 3.10. The van der Waals surface area contributed by atoms with Crippen molar-refractivity contribution in [2.45, 2.75) is 38.5 Å². The largest absolute Gasteiger partial charge is 0.478 e. The monoisotopic (exact) mass is 678 g/mol. The number of carbonyl (C=O) groups excluding carboxylic acids is 2. The van der Waals surface area contributed by atoms with Crippen molar-refractivity contribution in [2.75, 3.05) is 14.2 Å². The fourth-order valence-electron chi connectivity index (χ4n) is 5.34. The lowest BCUT2D eigenvalue weighted by atomic mass is 9.91. The minimum absolute atomic E-state index is 0.219. The molecule has 8 nitrogen and oxygen atoms in total. The number of halogens is 1. The Morgan fingerprint density at radius 1 is 0.630 bits per heavy atom. The van der Waals surface area contributed by atoms with Gasteiger partial charge in [-0.05, 0) is 127 Å². The summed E-state index contributed by atoms with van der Waals surface area (Å²) in [4.78, 5) is 33.5. The van der Waals surface area contributed by atoms with E-state index in [1.54, 1.807) is 24.3 Å². The van der Waals surface area contributed by atoms with Crippen LogP contribution < -0.4 is 0 Å². The number of nitrogens with zero attached hydrogens (tertiary/aromatic N) is 2. The number of nitriles is 2. The molecule has 0 amide bonds. The Labute approximate surface area is 276 Å². The molecule has 0 bridgehead atoms. The van der Waals surface area contributed by atoms with Crippen molar-refractivity contribution in [1.82, 2.24) is 0 Å². The number of methoxy groups -OCH3 is 2. The molecule has 9 heteroatoms. The Bertz CT molecular complexity index is 1870. The SMILES string of the molecule is COC(=O)C1=Cc2ccc(Br)cc2CC1.COC(=O)C1=Cc2ccc(C#N)cc2CC1.N#Cc1ccc2c(c1)CCC(C(=O)O)=C2. The van der Waals surface area contributed by atoms with E-state index in [0.29, 0.717) is 41.5 Å². The van der Waals surface area contributed by atoms with E-state index < -0.39 is 5.97 Å². The molecule has 0 fully saturated rings. The van der Waals surface area contributed by atoms with Crippen molar-refractivity contribution in [2.24, 2.45) is 0 Å². The van der Waals surface area contributed by atoms with Gasteiger partial charge >= 0.3 is 17.9 Å². The maximum Gasteiger partial charge on any atom is 0.333 e. The number of rotatable bonds is 3. The number of carboxylic acids is 1. The van der Waals surface area contributed by atoms with Crippen LogP contribution >= 0.6 is 15.9 Å². The number of esters is 2. The summed E-state index contributed by atoms with van der Waals surface area (Å²) in [7, 11) is 2.80. The van der Waals surface area contributed by atoms with Crippen LogP contribution in [0.4, 0.5) is 0 Å². The molecule has 46 heavy (non-hydrogen) atoms. The van der Waals surface area contributed by atoms with E-state index in [2.05, 4.69) is 34.1 Å². The zero-order valence-electron chi connectivity index (χ0n) is 25.4. The van der Waals surface area contributed by atoms with Crippen LogP contribution in [0.15, 0.2) is 75.8 Å². The molecule has 0 saturated heterocycles. The lowest BCUT2D eigenvalue weighted by molar-refractivity contribution is -0.137. The van der Waals surface area contributed by atoms with Gasteiger partial charge in [0.15, 0.2) is 0 Å². The summed E-state index contributed by atoms with van der Waals surface area (Å²) in [5.74, 6) is -1.34. The smallest absolute Gasteiger partial charge is 0.333 e. The van der Waals surface area contributed by atoms with Crippen molar-refractivity contribution in [3.05, 3.63) is 120 Å². The van der Waals surface area contributed by atoms with Crippen molar-refractivity contribution in [3.8, 4) is 12.1 Å². The first kappa shape index (κ1) is 33.6. The van der Waals surface area contributed by atoms with Gasteiger partial charge in [-0.25, -0.2) is 14.4 Å². The molecule has 3 aliphatic carbocycles. The minimum Gasteiger partial charge on any atom is -0.478 e. The van der Waals surface area contributed by atoms with Crippen LogP contribution in [0.5, 0.6) is 0 Å². The molecule has 0 aromatic heterocycles. The average molecular weight is 680 g/mol. The number of aryl methyl sites for hydroxylation is 3. The fourth-order valence-corrected chi connectivity index (χ4v) is 5.75. The lowest BCUT2D eigenvalue weighted by Crippen LogP contribution is -2.09. The number of fused-ring (bicyclic) bond motifs is 3. The Morgan fingerprint density at radius 3 is 1.43 bits per heavy atom. The van der Waals surface area contributed by atoms with Gasteiger partial charge in [0.2, 0.25) is 0 Å². The second kappa shape index (κ2) is 15.7. The normalized spacial score (nSPS) is 13.7. The van der Waals surface area contributed by atoms with E-state index in [1.165, 1.54) is 19.8 Å². The summed E-state index contributed by atoms with van der Waals surface area (Å²) in [6.07, 6.45) is 9.79. The Kier molecular flexibility index (Phi) is 11.4. The Balaban J connectivity index is 0.000000157. The van der Waals surface area contributed by atoms with Crippen LogP contribution in [-0.4, -0.2) is 37.2 Å². The molecule has 6 rings (SSSR count). The van der Waals surface area contributed by atoms with Crippen LogP contribution in [0, 0.1) is 22.7 Å². The molecule has 3 aromatic carbocycles. The molecule has 0 atom stereocenters. The summed E-state index contributed by atoms with van der Waals surface area (Å²) in [6, 6.07) is 21.1. The molecule has 0 saturated carbocycles. The van der Waals surface area contributed by atoms with Gasteiger partial charge in [0.25, 0.3) is 0 Å². The van der Waals surface area contributed by atoms with Crippen molar-refractivity contribution in [1.29, 1.82) is 10.5 Å². The predicted molar refractivity (Wildman–Crippen MR) is 177 cm³/mol. The van der Waals surface area contributed by atoms with Gasteiger partial charge in [-0.3, -0.25) is 0 Å². The second-order valence-electron chi connectivity index (χ2n) is 10.7. The molecule has 0 aliphatic heterocycles. The summed E-state index contributed by atoms with van der Waals surface area (Å²) in [5, 5.41) is 26.3. The highest BCUT2D eigenvalue weighted by atomic mass is 79.9. The Morgan fingerprint density at radius 2 is 1.02 bits per heavy atom. The summed E-state index contributed by atoms with van der Waals surface area (Å²) in [5.41, 5.74) is 9.66. The van der Waals surface area contributed by atoms with Gasteiger partial charge in [-0.1, -0.05) is 34.1 Å². The van der Waals surface area contributed by atoms with Crippen LogP contribution in [0.1, 0.15) is 63.8 Å². The van der Waals surface area contributed by atoms with Crippen LogP contribution in [0.3, 0.4) is 0 Å². The number of benzene rings is 3. The Hall–Kier alpha value is -5.25. The van der Waals surface area contributed by atoms with Crippen molar-refractivity contribution < 1.29 is 29.0 Å². The predicted octanol–water partition coefficient (Wildman–Crippen LogP) is 6.99. The molecule has 0 unspecified atom stereocenters. The molecule has 3 aliphatic rings. The molecule has 232 valence electrons. The van der Waals surface area contributed by atoms with E-state index in [1.807, 2.05) is 42.5 Å². The highest BCUT2D eigenvalue weighted by Gasteiger charge is 2.18. The first-order valence-corrected chi connectivity index (χ1v) is 15.3. The maximum atomic E-state index is 11.4. The summed E-state index contributed by atoms with van der Waals surface area (Å²) >= 11 is 3.44. The van der Waals surface area contributed by atoms with E-state index in [4.69, 9.17) is 25.1 Å². The summed E-state index contributed by atoms with van der Waals surface area (Å²) in [6.45, 7) is 0. The first-order valence-electron chi connectivity index (χ1n) is 14.5. The van der Waals surface area contributed by atoms with Gasteiger partial charge in [0.1, 0.15) is 0 Å². The number of hydrogen-bond acceptors (Lipinski definition) is 7. The summed E-state index contributed by atoms with van der Waals surface area (Å²) < 4.78 is 10.5. The number of carboxylic acid groups (broad SMARTS) is 1. The highest BCUT2D eigenvalue weighted by molar-refractivity contribution is 9.10. The van der Waals surface area contributed by atoms with Gasteiger partial charge < -0.3 is 14.6 Å². The van der Waals surface area contributed by atoms with Gasteiger partial charge in [-0.15, -0.1) is 0 Å². The van der Waals surface area contributed by atoms with E-state index in [9.17, 15) is 14.4 Å². The van der Waals surface area contributed by atoms with Gasteiger partial charge in [0, 0.05) is 21.2 Å². The highest BCUT2D eigenvalue weighted by Crippen LogP contribution is 2.28. The lowest BCUT2D eigenvalue weighted by Gasteiger charge is -2.15. The van der Waals surface area contributed by atoms with Crippen molar-refractivity contribution in [3.63, 3.8) is 0 Å². The van der Waals surface area contributed by atoms with Gasteiger partial charge in [0.05, 0.1) is 37.5 Å². The van der Waals surface area contributed by atoms with Crippen molar-refractivity contribution >= 4 is 52.1 Å². The molecule has 0 spiro atoms. The van der Waals surface area contributed by atoms with Gasteiger partial charge in [-0.2, -0.15) is 10.5 Å². The maximum absolute atomic E-state index is 11.4. The zero-order valence-corrected chi connectivity index (χ0v) is 27.0. The standard InChI is InChI=1S/C13H11NO2.C12H11BrO2.C12H9NO2/c1-16-13(15)12-5-4-10-6-9(8-14)2-3-11(10)7-12;1-15-12(14)10-3-2-9-7-11(13)5-4-8(9)6-10;13-7-8-1-2-10-6-11(12(14)15)4-3-9(10)5-8/h2-3,6-7H,4-5H2,1H3;4-7H,2-3H2,1H3;1-2,5-6H,3-4H2,(H,14,15). The fraction of sp³-hybridized carbons (Fsp3) is 0.216. The number of carbonyl (C=O) groups is 3. The first-order chi connectivity index (χ1) is 22.1. The van der Waals surface area contributed by atoms with Crippen LogP contribution in [0.25, 0.3) is 18.2 Å². The van der Waals surface area contributed by atoms with E-state index >= 15 is 0 Å². The third-order valence-electron chi connectivity index (χ3n) is 7.80. The third-order valence-corrected chi connectivity index (χ3v) is 8.29. The molecular weight excluding hydrogens is 648 g/mol. The number of aliphatic carboxylic acids is 1. The second-order valence-corrected chi connectivity index (χ2v) is 11.6. The molecule has 1 N–H and O–H groups in total. The minimum atomic E-state index is -0.856. The molecule has 0 radical (unpaired) electrons. The molecule has 0 heterocycles. The van der Waals surface area contributed by atoms with Crippen LogP contribution in [-0.2, 0) is 43.1 Å². The molecular formula is C37H31BrN2O6. The third kappa shape index (κ3) is 8.47.